The second kappa shape index (κ2) is 25.0. The molecule has 0 aliphatic heterocycles. The maximum absolute atomic E-state index is 13.1. The number of hydrogen-bond donors (Lipinski definition) is 1. The van der Waals surface area contributed by atoms with Gasteiger partial charge in [-0.15, -0.1) is 0 Å². The summed E-state index contributed by atoms with van der Waals surface area (Å²) < 4.78 is 49.6. The lowest BCUT2D eigenvalue weighted by atomic mass is 10.0. The fourth-order valence-electron chi connectivity index (χ4n) is 3.77. The number of rotatable bonds is 27. The molecule has 0 unspecified atom stereocenters. The number of ether oxygens (including phenoxy) is 9. The highest BCUT2D eigenvalue weighted by Gasteiger charge is 2.34. The number of carbonyl (C=O) groups excluding carboxylic acids is 4. The van der Waals surface area contributed by atoms with E-state index in [9.17, 15) is 19.2 Å². The van der Waals surface area contributed by atoms with Crippen molar-refractivity contribution < 1.29 is 61.8 Å². The van der Waals surface area contributed by atoms with E-state index in [0.29, 0.717) is 6.61 Å². The van der Waals surface area contributed by atoms with Gasteiger partial charge < -0.3 is 47.9 Å². The van der Waals surface area contributed by atoms with Crippen LogP contribution in [0.3, 0.4) is 0 Å². The number of hydrogen-bond acceptors (Lipinski definition) is 14. The lowest BCUT2D eigenvalue weighted by Crippen LogP contribution is -2.59. The summed E-state index contributed by atoms with van der Waals surface area (Å²) >= 11 is 0. The van der Waals surface area contributed by atoms with Gasteiger partial charge in [0, 0.05) is 11.5 Å². The molecule has 50 heavy (non-hydrogen) atoms. The van der Waals surface area contributed by atoms with Gasteiger partial charge in [-0.2, -0.15) is 0 Å². The molecule has 17 nitrogen and oxygen atoms in total. The first kappa shape index (κ1) is 47.0. The van der Waals surface area contributed by atoms with E-state index in [1.54, 1.807) is 62.3 Å². The highest BCUT2D eigenvalue weighted by atomic mass is 16.6. The zero-order valence-electron chi connectivity index (χ0n) is 31.5. The minimum absolute atomic E-state index is 0.0224. The second-order valence-electron chi connectivity index (χ2n) is 14.2. The van der Waals surface area contributed by atoms with Crippen LogP contribution in [0, 0.1) is 0 Å². The van der Waals surface area contributed by atoms with Crippen LogP contribution >= 0.6 is 0 Å². The van der Waals surface area contributed by atoms with Crippen molar-refractivity contribution >= 4 is 23.8 Å². The normalized spacial score (nSPS) is 12.2. The minimum atomic E-state index is -1.31. The topological polar surface area (TPSA) is 212 Å². The molecule has 17 heteroatoms. The first-order chi connectivity index (χ1) is 23.3. The van der Waals surface area contributed by atoms with Crippen molar-refractivity contribution in [3.8, 4) is 0 Å². The molecular weight excluding hydrogens is 660 g/mol. The molecule has 290 valence electrons. The first-order valence-electron chi connectivity index (χ1n) is 16.7. The van der Waals surface area contributed by atoms with E-state index in [-0.39, 0.29) is 98.5 Å². The Bertz CT molecular complexity index is 957. The van der Waals surface area contributed by atoms with Crippen molar-refractivity contribution in [2.24, 2.45) is 5.11 Å². The quantitative estimate of drug-likeness (QED) is 0.0322. The van der Waals surface area contributed by atoms with Gasteiger partial charge in [-0.05, 0) is 67.8 Å². The van der Waals surface area contributed by atoms with E-state index in [4.69, 9.17) is 48.2 Å². The van der Waals surface area contributed by atoms with Gasteiger partial charge >= 0.3 is 17.9 Å². The number of carbonyl (C=O) groups is 4. The Morgan fingerprint density at radius 1 is 0.540 bits per heavy atom. The van der Waals surface area contributed by atoms with Crippen LogP contribution in [0.2, 0.25) is 0 Å². The molecule has 0 aromatic heterocycles. The molecular formula is C33H60N4O13. The van der Waals surface area contributed by atoms with Crippen molar-refractivity contribution in [2.45, 2.75) is 104 Å². The molecule has 0 bridgehead atoms. The van der Waals surface area contributed by atoms with Crippen LogP contribution in [-0.2, 0) is 61.8 Å². The number of nitrogens with one attached hydrogen (secondary N) is 1. The maximum Gasteiger partial charge on any atom is 0.308 e. The zero-order valence-corrected chi connectivity index (χ0v) is 31.5. The summed E-state index contributed by atoms with van der Waals surface area (Å²) in [5.74, 6) is -1.88. The third-order valence-corrected chi connectivity index (χ3v) is 5.53. The Labute approximate surface area is 296 Å². The number of amides is 1. The molecule has 0 saturated heterocycles. The Morgan fingerprint density at radius 3 is 1.26 bits per heavy atom. The summed E-state index contributed by atoms with van der Waals surface area (Å²) in [5, 5.41) is 6.23. The van der Waals surface area contributed by atoms with Gasteiger partial charge in [0.2, 0.25) is 5.91 Å². The molecule has 1 amide bonds. The third-order valence-electron chi connectivity index (χ3n) is 5.53. The zero-order chi connectivity index (χ0) is 38.1. The largest absolute Gasteiger partial charge is 0.460 e. The van der Waals surface area contributed by atoms with Gasteiger partial charge in [0.25, 0.3) is 0 Å². The Morgan fingerprint density at radius 2 is 0.900 bits per heavy atom. The predicted molar refractivity (Wildman–Crippen MR) is 181 cm³/mol. The number of nitrogens with zero attached hydrogens (tertiary/aromatic N) is 3. The van der Waals surface area contributed by atoms with Gasteiger partial charge in [-0.25, -0.2) is 0 Å². The molecule has 0 heterocycles. The lowest BCUT2D eigenvalue weighted by Gasteiger charge is -2.34. The van der Waals surface area contributed by atoms with E-state index < -0.39 is 46.2 Å². The van der Waals surface area contributed by atoms with Gasteiger partial charge in [0.1, 0.15) is 28.9 Å². The second-order valence-corrected chi connectivity index (χ2v) is 14.2. The molecule has 0 atom stereocenters. The lowest BCUT2D eigenvalue weighted by molar-refractivity contribution is -0.157. The summed E-state index contributed by atoms with van der Waals surface area (Å²) in [6.07, 6.45) is -0.118. The smallest absolute Gasteiger partial charge is 0.308 e. The summed E-state index contributed by atoms with van der Waals surface area (Å²) in [6, 6.07) is 0. The molecule has 0 spiro atoms. The highest BCUT2D eigenvalue weighted by Crippen LogP contribution is 2.14. The van der Waals surface area contributed by atoms with Gasteiger partial charge in [0.05, 0.1) is 91.9 Å². The molecule has 0 aliphatic carbocycles. The SMILES string of the molecule is CC(C)(C)OC(=O)CCOCC(COCCC(=O)OC(C)(C)C)(COCCC(=O)OC(C)(C)C)NC(=O)COCCOCCOCCN=[N+]=[N-]. The van der Waals surface area contributed by atoms with Crippen molar-refractivity contribution in [1.82, 2.24) is 5.32 Å². The van der Waals surface area contributed by atoms with Gasteiger partial charge in [0.15, 0.2) is 0 Å². The van der Waals surface area contributed by atoms with Crippen molar-refractivity contribution in [2.75, 3.05) is 85.8 Å². The van der Waals surface area contributed by atoms with E-state index in [2.05, 4.69) is 15.3 Å². The van der Waals surface area contributed by atoms with E-state index in [1.165, 1.54) is 0 Å². The third kappa shape index (κ3) is 29.8. The minimum Gasteiger partial charge on any atom is -0.460 e. The summed E-state index contributed by atoms with van der Waals surface area (Å²) in [6.45, 7) is 16.4. The van der Waals surface area contributed by atoms with Crippen LogP contribution in [-0.4, -0.2) is 132 Å². The van der Waals surface area contributed by atoms with Crippen LogP contribution in [0.25, 0.3) is 10.4 Å². The molecule has 0 rings (SSSR count). The van der Waals surface area contributed by atoms with E-state index in [1.807, 2.05) is 0 Å². The Kier molecular flexibility index (Phi) is 23.5. The highest BCUT2D eigenvalue weighted by molar-refractivity contribution is 5.78. The number of esters is 3. The van der Waals surface area contributed by atoms with Crippen LogP contribution in [0.5, 0.6) is 0 Å². The van der Waals surface area contributed by atoms with E-state index in [0.717, 1.165) is 0 Å². The van der Waals surface area contributed by atoms with Crippen LogP contribution in [0.1, 0.15) is 81.6 Å². The molecule has 1 N–H and O–H groups in total. The van der Waals surface area contributed by atoms with Crippen LogP contribution in [0.15, 0.2) is 5.11 Å². The van der Waals surface area contributed by atoms with Crippen molar-refractivity contribution in [3.63, 3.8) is 0 Å². The maximum atomic E-state index is 13.1. The summed E-state index contributed by atoms with van der Waals surface area (Å²) in [5.41, 5.74) is 4.97. The summed E-state index contributed by atoms with van der Waals surface area (Å²) in [4.78, 5) is 52.4. The van der Waals surface area contributed by atoms with Gasteiger partial charge in [-0.1, -0.05) is 5.11 Å². The molecule has 0 aromatic rings. The standard InChI is InChI=1S/C33H60N4O13/c1-30(2,3)48-27(39)10-14-45-23-33(24-46-15-11-28(40)49-31(4,5)6,25-47-16-12-29(41)50-32(7,8)9)36-26(38)22-44-21-20-43-19-18-42-17-13-35-37-34/h10-25H2,1-9H3,(H,36,38). The fourth-order valence-corrected chi connectivity index (χ4v) is 3.77. The fraction of sp³-hybridized carbons (Fsp3) is 0.879. The predicted octanol–water partition coefficient (Wildman–Crippen LogP) is 3.45. The molecule has 0 radical (unpaired) electrons. The number of azide groups is 1. The average Bonchev–Trinajstić information content (AvgIpc) is 2.96. The van der Waals surface area contributed by atoms with Crippen molar-refractivity contribution in [3.05, 3.63) is 10.4 Å². The average molecular weight is 721 g/mol. The first-order valence-corrected chi connectivity index (χ1v) is 16.7. The van der Waals surface area contributed by atoms with Crippen LogP contribution < -0.4 is 5.32 Å². The monoisotopic (exact) mass is 720 g/mol. The molecule has 0 fully saturated rings. The summed E-state index contributed by atoms with van der Waals surface area (Å²) in [7, 11) is 0. The van der Waals surface area contributed by atoms with E-state index >= 15 is 0 Å². The Hall–Kier alpha value is -3.05. The molecule has 0 saturated carbocycles. The van der Waals surface area contributed by atoms with Gasteiger partial charge in [-0.3, -0.25) is 19.2 Å². The van der Waals surface area contributed by atoms with Crippen LogP contribution in [0.4, 0.5) is 0 Å². The Balaban J connectivity index is 5.45. The molecule has 0 aliphatic rings. The van der Waals surface area contributed by atoms with Crippen molar-refractivity contribution in [1.29, 1.82) is 0 Å². The molecule has 0 aromatic carbocycles.